The Bertz CT molecular complexity index is 170. The van der Waals surface area contributed by atoms with Gasteiger partial charge in [-0.2, -0.15) is 0 Å². The first-order valence-corrected chi connectivity index (χ1v) is 7.72. The van der Waals surface area contributed by atoms with Crippen LogP contribution in [0.2, 0.25) is 0 Å². The molecule has 0 heterocycles. The molecular weight excluding hydrogens is 206 g/mol. The van der Waals surface area contributed by atoms with Gasteiger partial charge in [0, 0.05) is 6.54 Å². The van der Waals surface area contributed by atoms with Gasteiger partial charge in [0.15, 0.2) is 0 Å². The molecular formula is C16H33N. The van der Waals surface area contributed by atoms with E-state index >= 15 is 0 Å². The molecule has 0 radical (unpaired) electrons. The van der Waals surface area contributed by atoms with Gasteiger partial charge < -0.3 is 0 Å². The van der Waals surface area contributed by atoms with E-state index in [0.717, 1.165) is 18.4 Å². The quantitative estimate of drug-likeness (QED) is 0.423. The molecule has 0 aromatic rings. The van der Waals surface area contributed by atoms with Crippen molar-refractivity contribution in [2.45, 2.75) is 79.1 Å². The lowest BCUT2D eigenvalue weighted by Crippen LogP contribution is -1.98. The summed E-state index contributed by atoms with van der Waals surface area (Å²) in [6, 6.07) is 0. The molecule has 0 unspecified atom stereocenters. The molecule has 0 bridgehead atoms. The van der Waals surface area contributed by atoms with Crippen LogP contribution in [-0.4, -0.2) is 12.8 Å². The first kappa shape index (κ1) is 16.7. The molecule has 0 N–H and O–H groups in total. The highest BCUT2D eigenvalue weighted by Gasteiger charge is 2.01. The molecule has 0 aliphatic rings. The Balaban J connectivity index is 3.41. The lowest BCUT2D eigenvalue weighted by molar-refractivity contribution is 0.465. The Kier molecular flexibility index (Phi) is 11.9. The number of nitrogens with zero attached hydrogens (tertiary/aromatic N) is 1. The Morgan fingerprint density at radius 2 is 1.71 bits per heavy atom. The molecule has 0 aliphatic heterocycles. The Morgan fingerprint density at radius 1 is 1.00 bits per heavy atom. The topological polar surface area (TPSA) is 12.4 Å². The summed E-state index contributed by atoms with van der Waals surface area (Å²) in [5.41, 5.74) is 0. The van der Waals surface area contributed by atoms with Crippen molar-refractivity contribution in [1.29, 1.82) is 0 Å². The third-order valence-corrected chi connectivity index (χ3v) is 3.79. The first-order valence-electron chi connectivity index (χ1n) is 7.72. The molecule has 0 spiro atoms. The lowest BCUT2D eigenvalue weighted by atomic mass is 9.98. The van der Waals surface area contributed by atoms with E-state index in [1.54, 1.807) is 0 Å². The molecule has 17 heavy (non-hydrogen) atoms. The van der Waals surface area contributed by atoms with Crippen LogP contribution >= 0.6 is 0 Å². The fourth-order valence-electron chi connectivity index (χ4n) is 2.18. The molecule has 0 aromatic heterocycles. The first-order chi connectivity index (χ1) is 8.24. The van der Waals surface area contributed by atoms with Gasteiger partial charge in [0.25, 0.3) is 0 Å². The molecule has 0 saturated heterocycles. The number of aliphatic imine (C=N–C) groups is 1. The van der Waals surface area contributed by atoms with Crippen LogP contribution in [0.1, 0.15) is 79.1 Å². The van der Waals surface area contributed by atoms with Crippen molar-refractivity contribution in [3.63, 3.8) is 0 Å². The minimum atomic E-state index is 0.853. The van der Waals surface area contributed by atoms with Crippen LogP contribution in [0.5, 0.6) is 0 Å². The van der Waals surface area contributed by atoms with Crippen LogP contribution in [0.15, 0.2) is 4.99 Å². The van der Waals surface area contributed by atoms with Gasteiger partial charge in [0.2, 0.25) is 0 Å². The van der Waals surface area contributed by atoms with Crippen molar-refractivity contribution in [1.82, 2.24) is 0 Å². The molecule has 1 heteroatoms. The van der Waals surface area contributed by atoms with Crippen molar-refractivity contribution in [2.24, 2.45) is 16.8 Å². The van der Waals surface area contributed by atoms with E-state index < -0.39 is 0 Å². The highest BCUT2D eigenvalue weighted by molar-refractivity contribution is 5.56. The summed E-state index contributed by atoms with van der Waals surface area (Å²) in [5.74, 6) is 1.76. The van der Waals surface area contributed by atoms with E-state index in [0.29, 0.717) is 0 Å². The molecule has 102 valence electrons. The second kappa shape index (κ2) is 12.1. The van der Waals surface area contributed by atoms with Gasteiger partial charge in [0.1, 0.15) is 0 Å². The summed E-state index contributed by atoms with van der Waals surface area (Å²) in [5, 5.41) is 0. The maximum atomic E-state index is 4.53. The highest BCUT2D eigenvalue weighted by Crippen LogP contribution is 2.14. The van der Waals surface area contributed by atoms with E-state index in [9.17, 15) is 0 Å². The predicted octanol–water partition coefficient (Wildman–Crippen LogP) is 5.49. The zero-order valence-corrected chi connectivity index (χ0v) is 12.5. The van der Waals surface area contributed by atoms with Crippen molar-refractivity contribution >= 4 is 6.21 Å². The van der Waals surface area contributed by atoms with Crippen LogP contribution in [0.4, 0.5) is 0 Å². The van der Waals surface area contributed by atoms with Crippen molar-refractivity contribution < 1.29 is 0 Å². The van der Waals surface area contributed by atoms with E-state index in [4.69, 9.17) is 0 Å². The third kappa shape index (κ3) is 10.5. The van der Waals surface area contributed by atoms with Gasteiger partial charge >= 0.3 is 0 Å². The van der Waals surface area contributed by atoms with Crippen molar-refractivity contribution in [3.05, 3.63) is 0 Å². The second-order valence-electron chi connectivity index (χ2n) is 5.38. The number of hydrogen-bond donors (Lipinski definition) is 0. The minimum absolute atomic E-state index is 0.853. The summed E-state index contributed by atoms with van der Waals surface area (Å²) in [6.07, 6.45) is 12.6. The zero-order valence-electron chi connectivity index (χ0n) is 12.5. The fourth-order valence-corrected chi connectivity index (χ4v) is 2.18. The van der Waals surface area contributed by atoms with Crippen LogP contribution in [0, 0.1) is 11.8 Å². The van der Waals surface area contributed by atoms with Gasteiger partial charge in [-0.15, -0.1) is 0 Å². The smallest absolute Gasteiger partial charge is 0.0387 e. The van der Waals surface area contributed by atoms with Gasteiger partial charge in [0.05, 0.1) is 0 Å². The molecule has 1 nitrogen and oxygen atoms in total. The molecule has 0 fully saturated rings. The normalized spacial score (nSPS) is 13.7. The van der Waals surface area contributed by atoms with Gasteiger partial charge in [-0.1, -0.05) is 59.8 Å². The fraction of sp³-hybridized carbons (Fsp3) is 0.938. The molecule has 0 aliphatic carbocycles. The third-order valence-electron chi connectivity index (χ3n) is 3.79. The van der Waals surface area contributed by atoms with Gasteiger partial charge in [-0.3, -0.25) is 4.99 Å². The van der Waals surface area contributed by atoms with Crippen molar-refractivity contribution in [3.8, 4) is 0 Å². The van der Waals surface area contributed by atoms with E-state index in [-0.39, 0.29) is 0 Å². The number of unbranched alkanes of at least 4 members (excludes halogenated alkanes) is 1. The molecule has 0 amide bonds. The van der Waals surface area contributed by atoms with Crippen LogP contribution < -0.4 is 0 Å². The highest BCUT2D eigenvalue weighted by atomic mass is 14.7. The molecule has 0 aromatic carbocycles. The van der Waals surface area contributed by atoms with Crippen LogP contribution in [-0.2, 0) is 0 Å². The van der Waals surface area contributed by atoms with E-state index in [1.165, 1.54) is 51.4 Å². The second-order valence-corrected chi connectivity index (χ2v) is 5.38. The van der Waals surface area contributed by atoms with Crippen LogP contribution in [0.25, 0.3) is 0 Å². The standard InChI is InChI=1S/C16H33N/c1-5-8-10-15(4)12-14-17-13-9-11-16(6-2)7-3/h13,15-16H,5-12,14H2,1-4H3/b17-13-/t15-/m0/s1. The molecule has 0 rings (SSSR count). The van der Waals surface area contributed by atoms with Crippen LogP contribution in [0.3, 0.4) is 0 Å². The molecule has 1 atom stereocenters. The summed E-state index contributed by atoms with van der Waals surface area (Å²) in [4.78, 5) is 4.53. The number of rotatable bonds is 11. The lowest BCUT2D eigenvalue weighted by Gasteiger charge is -2.09. The summed E-state index contributed by atoms with van der Waals surface area (Å²) in [6.45, 7) is 10.2. The average Bonchev–Trinajstić information content (AvgIpc) is 2.35. The SMILES string of the molecule is CCCC[C@H](C)CC/N=C\CCC(CC)CC. The van der Waals surface area contributed by atoms with Crippen molar-refractivity contribution in [2.75, 3.05) is 6.54 Å². The van der Waals surface area contributed by atoms with Gasteiger partial charge in [-0.25, -0.2) is 0 Å². The molecule has 0 saturated carbocycles. The Morgan fingerprint density at radius 3 is 2.29 bits per heavy atom. The van der Waals surface area contributed by atoms with E-state index in [2.05, 4.69) is 38.9 Å². The summed E-state index contributed by atoms with van der Waals surface area (Å²) >= 11 is 0. The van der Waals surface area contributed by atoms with Gasteiger partial charge in [-0.05, 0) is 37.3 Å². The minimum Gasteiger partial charge on any atom is -0.298 e. The maximum absolute atomic E-state index is 4.53. The Hall–Kier alpha value is -0.330. The van der Waals surface area contributed by atoms with E-state index in [1.807, 2.05) is 0 Å². The average molecular weight is 239 g/mol. The zero-order chi connectivity index (χ0) is 12.9. The number of hydrogen-bond acceptors (Lipinski definition) is 1. The maximum Gasteiger partial charge on any atom is 0.0387 e. The largest absolute Gasteiger partial charge is 0.298 e. The Labute approximate surface area is 109 Å². The monoisotopic (exact) mass is 239 g/mol. The predicted molar refractivity (Wildman–Crippen MR) is 80.0 cm³/mol. The summed E-state index contributed by atoms with van der Waals surface area (Å²) in [7, 11) is 0. The summed E-state index contributed by atoms with van der Waals surface area (Å²) < 4.78 is 0.